The van der Waals surface area contributed by atoms with E-state index in [9.17, 15) is 14.3 Å². The van der Waals surface area contributed by atoms with E-state index >= 15 is 0 Å². The summed E-state index contributed by atoms with van der Waals surface area (Å²) < 4.78 is 18.7. The van der Waals surface area contributed by atoms with Gasteiger partial charge in [-0.2, -0.15) is 0 Å². The molecule has 0 radical (unpaired) electrons. The van der Waals surface area contributed by atoms with Crippen LogP contribution in [0, 0.1) is 12.7 Å². The average Bonchev–Trinajstić information content (AvgIpc) is 2.24. The number of aldehydes is 1. The third kappa shape index (κ3) is 2.15. The predicted octanol–water partition coefficient (Wildman–Crippen LogP) is 2.54. The molecule has 0 bridgehead atoms. The normalized spacial score (nSPS) is 12.2. The highest BCUT2D eigenvalue weighted by molar-refractivity contribution is 5.54. The zero-order chi connectivity index (χ0) is 12.3. The van der Waals surface area contributed by atoms with Crippen LogP contribution < -0.4 is 4.74 Å². The fourth-order valence-electron chi connectivity index (χ4n) is 1.60. The van der Waals surface area contributed by atoms with E-state index in [0.29, 0.717) is 11.1 Å². The highest BCUT2D eigenvalue weighted by Crippen LogP contribution is 2.37. The molecule has 0 fully saturated rings. The molecule has 0 aliphatic rings. The minimum absolute atomic E-state index is 0.159. The number of aromatic hydroxyl groups is 1. The van der Waals surface area contributed by atoms with Crippen LogP contribution in [0.4, 0.5) is 4.39 Å². The first-order valence-corrected chi connectivity index (χ1v) is 5.02. The maximum Gasteiger partial charge on any atom is 0.197 e. The van der Waals surface area contributed by atoms with Crippen molar-refractivity contribution in [3.05, 3.63) is 23.0 Å². The van der Waals surface area contributed by atoms with E-state index in [0.717, 1.165) is 6.29 Å². The molecule has 1 N–H and O–H groups in total. The average molecular weight is 226 g/mol. The van der Waals surface area contributed by atoms with Crippen molar-refractivity contribution in [1.82, 2.24) is 0 Å². The second-order valence-electron chi connectivity index (χ2n) is 3.78. The van der Waals surface area contributed by atoms with E-state index in [4.69, 9.17) is 4.74 Å². The van der Waals surface area contributed by atoms with E-state index in [-0.39, 0.29) is 23.8 Å². The van der Waals surface area contributed by atoms with Gasteiger partial charge in [0.15, 0.2) is 17.3 Å². The molecule has 1 unspecified atom stereocenters. The standard InChI is InChI=1S/C12H15FO3/c1-7(4-5-14)9-6-8(2)11(15)12(16-3)10(9)13/h5-7,15H,4H2,1-3H3. The zero-order valence-electron chi connectivity index (χ0n) is 9.58. The maximum absolute atomic E-state index is 13.9. The molecular weight excluding hydrogens is 211 g/mol. The number of halogens is 1. The number of methoxy groups -OCH3 is 1. The van der Waals surface area contributed by atoms with Crippen LogP contribution in [0.3, 0.4) is 0 Å². The zero-order valence-corrected chi connectivity index (χ0v) is 9.58. The summed E-state index contributed by atoms with van der Waals surface area (Å²) in [5, 5.41) is 9.58. The van der Waals surface area contributed by atoms with E-state index in [1.807, 2.05) is 0 Å². The van der Waals surface area contributed by atoms with Gasteiger partial charge in [0.05, 0.1) is 7.11 Å². The molecule has 1 rings (SSSR count). The van der Waals surface area contributed by atoms with Crippen molar-refractivity contribution < 1.29 is 19.0 Å². The third-order valence-corrected chi connectivity index (χ3v) is 2.60. The van der Waals surface area contributed by atoms with Crippen LogP contribution in [-0.4, -0.2) is 18.5 Å². The molecule has 0 aliphatic heterocycles. The van der Waals surface area contributed by atoms with Gasteiger partial charge in [0.25, 0.3) is 0 Å². The molecule has 16 heavy (non-hydrogen) atoms. The summed E-state index contributed by atoms with van der Waals surface area (Å²) in [5.41, 5.74) is 0.922. The SMILES string of the molecule is COc1c(O)c(C)cc(C(C)CC=O)c1F. The summed E-state index contributed by atoms with van der Waals surface area (Å²) in [7, 11) is 1.30. The molecule has 1 aromatic rings. The monoisotopic (exact) mass is 226 g/mol. The van der Waals surface area contributed by atoms with Gasteiger partial charge in [0.2, 0.25) is 0 Å². The lowest BCUT2D eigenvalue weighted by molar-refractivity contribution is -0.108. The number of benzene rings is 1. The van der Waals surface area contributed by atoms with Crippen molar-refractivity contribution in [1.29, 1.82) is 0 Å². The molecule has 1 aromatic carbocycles. The lowest BCUT2D eigenvalue weighted by Gasteiger charge is -2.15. The van der Waals surface area contributed by atoms with Crippen LogP contribution in [-0.2, 0) is 4.79 Å². The predicted molar refractivity (Wildman–Crippen MR) is 58.4 cm³/mol. The van der Waals surface area contributed by atoms with Gasteiger partial charge in [-0.3, -0.25) is 0 Å². The third-order valence-electron chi connectivity index (χ3n) is 2.60. The highest BCUT2D eigenvalue weighted by atomic mass is 19.1. The number of aryl methyl sites for hydroxylation is 1. The van der Waals surface area contributed by atoms with Gasteiger partial charge in [-0.1, -0.05) is 6.92 Å². The quantitative estimate of drug-likeness (QED) is 0.802. The van der Waals surface area contributed by atoms with Crippen LogP contribution in [0.15, 0.2) is 6.07 Å². The van der Waals surface area contributed by atoms with E-state index in [2.05, 4.69) is 0 Å². The van der Waals surface area contributed by atoms with Gasteiger partial charge in [-0.25, -0.2) is 4.39 Å². The van der Waals surface area contributed by atoms with Gasteiger partial charge < -0.3 is 14.6 Å². The number of hydrogen-bond acceptors (Lipinski definition) is 3. The Morgan fingerprint density at radius 3 is 2.75 bits per heavy atom. The Hall–Kier alpha value is -1.58. The number of carbonyl (C=O) groups excluding carboxylic acids is 1. The minimum Gasteiger partial charge on any atom is -0.504 e. The van der Waals surface area contributed by atoms with Crippen LogP contribution >= 0.6 is 0 Å². The molecule has 0 aromatic heterocycles. The Morgan fingerprint density at radius 1 is 1.62 bits per heavy atom. The van der Waals surface area contributed by atoms with Crippen molar-refractivity contribution >= 4 is 6.29 Å². The molecular formula is C12H15FO3. The topological polar surface area (TPSA) is 46.5 Å². The second-order valence-corrected chi connectivity index (χ2v) is 3.78. The van der Waals surface area contributed by atoms with Crippen molar-refractivity contribution in [3.63, 3.8) is 0 Å². The number of ether oxygens (including phenoxy) is 1. The molecule has 88 valence electrons. The van der Waals surface area contributed by atoms with E-state index in [1.54, 1.807) is 19.9 Å². The Kier molecular flexibility index (Phi) is 3.88. The molecule has 0 saturated carbocycles. The van der Waals surface area contributed by atoms with Crippen molar-refractivity contribution in [2.75, 3.05) is 7.11 Å². The smallest absolute Gasteiger partial charge is 0.197 e. The van der Waals surface area contributed by atoms with Crippen LogP contribution in [0.5, 0.6) is 11.5 Å². The number of carbonyl (C=O) groups is 1. The number of rotatable bonds is 4. The summed E-state index contributed by atoms with van der Waals surface area (Å²) in [5.74, 6) is -1.18. The van der Waals surface area contributed by atoms with Crippen molar-refractivity contribution in [2.45, 2.75) is 26.2 Å². The Balaban J connectivity index is 3.30. The second kappa shape index (κ2) is 4.96. The highest BCUT2D eigenvalue weighted by Gasteiger charge is 2.20. The number of phenols is 1. The molecule has 0 amide bonds. The molecule has 0 saturated heterocycles. The molecule has 1 atom stereocenters. The van der Waals surface area contributed by atoms with E-state index < -0.39 is 5.82 Å². The largest absolute Gasteiger partial charge is 0.504 e. The first kappa shape index (κ1) is 12.5. The summed E-state index contributed by atoms with van der Waals surface area (Å²) in [6.45, 7) is 3.41. The minimum atomic E-state index is -0.597. The lowest BCUT2D eigenvalue weighted by atomic mass is 9.95. The summed E-state index contributed by atoms with van der Waals surface area (Å²) in [4.78, 5) is 10.4. The first-order valence-electron chi connectivity index (χ1n) is 5.02. The van der Waals surface area contributed by atoms with Crippen LogP contribution in [0.2, 0.25) is 0 Å². The molecule has 4 heteroatoms. The van der Waals surface area contributed by atoms with Gasteiger partial charge in [0, 0.05) is 6.42 Å². The maximum atomic E-state index is 13.9. The molecule has 0 spiro atoms. The molecule has 0 aliphatic carbocycles. The van der Waals surface area contributed by atoms with Crippen LogP contribution in [0.25, 0.3) is 0 Å². The lowest BCUT2D eigenvalue weighted by Crippen LogP contribution is -2.02. The first-order chi connectivity index (χ1) is 7.52. The van der Waals surface area contributed by atoms with Gasteiger partial charge in [0.1, 0.15) is 6.29 Å². The molecule has 3 nitrogen and oxygen atoms in total. The Labute approximate surface area is 93.9 Å². The van der Waals surface area contributed by atoms with Gasteiger partial charge >= 0.3 is 0 Å². The van der Waals surface area contributed by atoms with Crippen molar-refractivity contribution in [3.8, 4) is 11.5 Å². The Bertz CT molecular complexity index is 402. The van der Waals surface area contributed by atoms with E-state index in [1.165, 1.54) is 7.11 Å². The van der Waals surface area contributed by atoms with Crippen molar-refractivity contribution in [2.24, 2.45) is 0 Å². The fraction of sp³-hybridized carbons (Fsp3) is 0.417. The van der Waals surface area contributed by atoms with Crippen LogP contribution in [0.1, 0.15) is 30.4 Å². The van der Waals surface area contributed by atoms with Gasteiger partial charge in [-0.15, -0.1) is 0 Å². The summed E-state index contributed by atoms with van der Waals surface area (Å²) >= 11 is 0. The summed E-state index contributed by atoms with van der Waals surface area (Å²) in [6.07, 6.45) is 0.989. The van der Waals surface area contributed by atoms with Gasteiger partial charge in [-0.05, 0) is 30.0 Å². The summed E-state index contributed by atoms with van der Waals surface area (Å²) in [6, 6.07) is 1.54. The number of hydrogen-bond donors (Lipinski definition) is 1. The fourth-order valence-corrected chi connectivity index (χ4v) is 1.60. The molecule has 0 heterocycles. The number of phenolic OH excluding ortho intramolecular Hbond substituents is 1. The Morgan fingerprint density at radius 2 is 2.25 bits per heavy atom.